The van der Waals surface area contributed by atoms with Crippen molar-refractivity contribution in [2.24, 2.45) is 0 Å². The average Bonchev–Trinajstić information content (AvgIpc) is 3.00. The van der Waals surface area contributed by atoms with E-state index >= 15 is 0 Å². The van der Waals surface area contributed by atoms with Crippen LogP contribution in [0.3, 0.4) is 0 Å². The Balaban J connectivity index is 1.39. The first-order chi connectivity index (χ1) is 19.6. The van der Waals surface area contributed by atoms with Crippen LogP contribution in [0.5, 0.6) is 0 Å². The number of urea groups is 1. The van der Waals surface area contributed by atoms with Crippen LogP contribution < -0.4 is 5.32 Å². The predicted octanol–water partition coefficient (Wildman–Crippen LogP) is 3.40. The summed E-state index contributed by atoms with van der Waals surface area (Å²) in [6.07, 6.45) is -0.658. The molecule has 2 aliphatic rings. The van der Waals surface area contributed by atoms with Crippen molar-refractivity contribution in [2.75, 3.05) is 32.8 Å². The second-order valence-electron chi connectivity index (χ2n) is 9.89. The molecule has 2 heterocycles. The molecule has 2 fully saturated rings. The summed E-state index contributed by atoms with van der Waals surface area (Å²) in [6.45, 7) is 4.07. The van der Waals surface area contributed by atoms with Crippen LogP contribution >= 0.6 is 0 Å². The van der Waals surface area contributed by atoms with Gasteiger partial charge in [0.2, 0.25) is 11.8 Å². The van der Waals surface area contributed by atoms with Crippen LogP contribution in [0.2, 0.25) is 0 Å². The number of hydrogen-bond donors (Lipinski definition) is 1. The van der Waals surface area contributed by atoms with E-state index in [1.807, 2.05) is 97.9 Å². The Labute approximate surface area is 234 Å². The van der Waals surface area contributed by atoms with Gasteiger partial charge in [0.15, 0.2) is 0 Å². The highest BCUT2D eigenvalue weighted by Gasteiger charge is 2.51. The molecule has 1 N–H and O–H groups in total. The number of piperazine rings is 1. The molecule has 40 heavy (non-hydrogen) atoms. The first kappa shape index (κ1) is 27.4. The highest BCUT2D eigenvalue weighted by Crippen LogP contribution is 2.34. The largest absolute Gasteiger partial charge is 0.375 e. The number of carbonyl (C=O) groups is 3. The van der Waals surface area contributed by atoms with Crippen molar-refractivity contribution in [3.05, 3.63) is 108 Å². The lowest BCUT2D eigenvalue weighted by Crippen LogP contribution is -2.74. The highest BCUT2D eigenvalue weighted by atomic mass is 16.5. The standard InChI is InChI=1S/C31H35N5O4/c1-2-34-22-28(37)35-27(36(34)31(39)32-20-24-12-6-3-7-13-24)21-33(18-19-40-23-25-14-8-4-9-15-25)30(38)29(35)26-16-10-5-11-17-26/h3-17,27,29H,2,18-23H2,1H3,(H,32,39)/t27-,29-/m0/s1. The summed E-state index contributed by atoms with van der Waals surface area (Å²) >= 11 is 0. The van der Waals surface area contributed by atoms with Gasteiger partial charge in [0, 0.05) is 19.6 Å². The molecule has 9 nitrogen and oxygen atoms in total. The summed E-state index contributed by atoms with van der Waals surface area (Å²) in [7, 11) is 0. The van der Waals surface area contributed by atoms with Crippen molar-refractivity contribution in [3.63, 3.8) is 0 Å². The van der Waals surface area contributed by atoms with Crippen LogP contribution in [0.1, 0.15) is 29.7 Å². The van der Waals surface area contributed by atoms with E-state index in [-0.39, 0.29) is 30.9 Å². The third-order valence-electron chi connectivity index (χ3n) is 7.31. The number of hydrazine groups is 1. The van der Waals surface area contributed by atoms with Crippen molar-refractivity contribution in [1.82, 2.24) is 25.1 Å². The molecular formula is C31H35N5O4. The smallest absolute Gasteiger partial charge is 0.334 e. The van der Waals surface area contributed by atoms with Crippen LogP contribution in [-0.4, -0.2) is 76.6 Å². The van der Waals surface area contributed by atoms with E-state index in [1.54, 1.807) is 19.8 Å². The molecule has 0 aliphatic carbocycles. The zero-order chi connectivity index (χ0) is 27.9. The molecule has 3 aromatic rings. The molecule has 0 aromatic heterocycles. The first-order valence-electron chi connectivity index (χ1n) is 13.7. The minimum atomic E-state index is -0.829. The quantitative estimate of drug-likeness (QED) is 0.420. The van der Waals surface area contributed by atoms with Crippen LogP contribution in [0.4, 0.5) is 4.79 Å². The van der Waals surface area contributed by atoms with Gasteiger partial charge < -0.3 is 19.9 Å². The Morgan fingerprint density at radius 2 is 1.52 bits per heavy atom. The van der Waals surface area contributed by atoms with Crippen molar-refractivity contribution in [3.8, 4) is 0 Å². The highest BCUT2D eigenvalue weighted by molar-refractivity contribution is 5.92. The second kappa shape index (κ2) is 12.8. The van der Waals surface area contributed by atoms with Crippen molar-refractivity contribution in [1.29, 1.82) is 0 Å². The van der Waals surface area contributed by atoms with E-state index in [9.17, 15) is 14.4 Å². The van der Waals surface area contributed by atoms with Crippen molar-refractivity contribution in [2.45, 2.75) is 32.3 Å². The van der Waals surface area contributed by atoms with Crippen LogP contribution in [0, 0.1) is 0 Å². The number of rotatable bonds is 9. The molecule has 2 aliphatic heterocycles. The van der Waals surface area contributed by atoms with Gasteiger partial charge >= 0.3 is 6.03 Å². The zero-order valence-electron chi connectivity index (χ0n) is 22.7. The Morgan fingerprint density at radius 3 is 2.17 bits per heavy atom. The average molecular weight is 542 g/mol. The van der Waals surface area contributed by atoms with Crippen LogP contribution in [0.25, 0.3) is 0 Å². The minimum Gasteiger partial charge on any atom is -0.375 e. The Bertz CT molecular complexity index is 1290. The number of amides is 4. The maximum Gasteiger partial charge on any atom is 0.334 e. The van der Waals surface area contributed by atoms with E-state index in [0.717, 1.165) is 16.7 Å². The van der Waals surface area contributed by atoms with Gasteiger partial charge in [-0.2, -0.15) is 0 Å². The molecule has 0 spiro atoms. The normalized spacial score (nSPS) is 19.5. The molecule has 0 radical (unpaired) electrons. The maximum atomic E-state index is 13.9. The van der Waals surface area contributed by atoms with E-state index in [1.165, 1.54) is 0 Å². The van der Waals surface area contributed by atoms with Crippen molar-refractivity contribution < 1.29 is 19.1 Å². The van der Waals surface area contributed by atoms with Crippen molar-refractivity contribution >= 4 is 17.8 Å². The zero-order valence-corrected chi connectivity index (χ0v) is 22.7. The number of ether oxygens (including phenoxy) is 1. The van der Waals surface area contributed by atoms with Gasteiger partial charge in [-0.15, -0.1) is 0 Å². The molecule has 0 unspecified atom stereocenters. The Hall–Kier alpha value is -4.21. The molecule has 3 aromatic carbocycles. The SMILES string of the molecule is CCN1CC(=O)N2[C@@H](c3ccccc3)C(=O)N(CCOCc3ccccc3)C[C@@H]2N1C(=O)NCc1ccccc1. The number of hydrogen-bond acceptors (Lipinski definition) is 5. The maximum absolute atomic E-state index is 13.9. The van der Waals surface area contributed by atoms with E-state index in [4.69, 9.17) is 4.74 Å². The third kappa shape index (κ3) is 6.00. The lowest BCUT2D eigenvalue weighted by Gasteiger charge is -2.55. The fourth-order valence-corrected chi connectivity index (χ4v) is 5.31. The van der Waals surface area contributed by atoms with Gasteiger partial charge in [0.25, 0.3) is 0 Å². The lowest BCUT2D eigenvalue weighted by atomic mass is 9.99. The number of likely N-dealkylation sites (N-methyl/N-ethyl adjacent to an activating group) is 1. The van der Waals surface area contributed by atoms with Gasteiger partial charge in [-0.3, -0.25) is 9.59 Å². The Morgan fingerprint density at radius 1 is 0.900 bits per heavy atom. The molecule has 0 saturated carbocycles. The minimum absolute atomic E-state index is 0.0164. The fraction of sp³-hybridized carbons (Fsp3) is 0.323. The molecule has 0 bridgehead atoms. The molecule has 4 amide bonds. The van der Waals surface area contributed by atoms with Gasteiger partial charge in [0.05, 0.1) is 26.3 Å². The third-order valence-corrected chi connectivity index (χ3v) is 7.31. The molecule has 208 valence electrons. The first-order valence-corrected chi connectivity index (χ1v) is 13.7. The molecule has 9 heteroatoms. The predicted molar refractivity (Wildman–Crippen MR) is 150 cm³/mol. The molecule has 2 atom stereocenters. The summed E-state index contributed by atoms with van der Waals surface area (Å²) in [6, 6.07) is 27.7. The Kier molecular flexibility index (Phi) is 8.73. The number of nitrogens with zero attached hydrogens (tertiary/aromatic N) is 4. The molecule has 2 saturated heterocycles. The lowest BCUT2D eigenvalue weighted by molar-refractivity contribution is -0.191. The van der Waals surface area contributed by atoms with Crippen LogP contribution in [0.15, 0.2) is 91.0 Å². The summed E-state index contributed by atoms with van der Waals surface area (Å²) in [5.41, 5.74) is 2.75. The number of fused-ring (bicyclic) bond motifs is 1. The molecule has 5 rings (SSSR count). The van der Waals surface area contributed by atoms with Gasteiger partial charge in [0.1, 0.15) is 12.2 Å². The summed E-state index contributed by atoms with van der Waals surface area (Å²) in [5, 5.41) is 6.38. The molecular weight excluding hydrogens is 506 g/mol. The summed E-state index contributed by atoms with van der Waals surface area (Å²) in [4.78, 5) is 44.4. The van der Waals surface area contributed by atoms with E-state index < -0.39 is 12.2 Å². The monoisotopic (exact) mass is 541 g/mol. The van der Waals surface area contributed by atoms with Gasteiger partial charge in [-0.05, 0) is 16.7 Å². The number of benzene rings is 3. The van der Waals surface area contributed by atoms with Gasteiger partial charge in [-0.25, -0.2) is 14.8 Å². The van der Waals surface area contributed by atoms with E-state index in [0.29, 0.717) is 32.8 Å². The number of carbonyl (C=O) groups excluding carboxylic acids is 3. The van der Waals surface area contributed by atoms with Gasteiger partial charge in [-0.1, -0.05) is 97.9 Å². The second-order valence-corrected chi connectivity index (χ2v) is 9.89. The van der Waals surface area contributed by atoms with Crippen LogP contribution in [-0.2, 0) is 27.5 Å². The topological polar surface area (TPSA) is 85.4 Å². The summed E-state index contributed by atoms with van der Waals surface area (Å²) in [5.74, 6) is -0.352. The number of nitrogens with one attached hydrogen (secondary N) is 1. The summed E-state index contributed by atoms with van der Waals surface area (Å²) < 4.78 is 5.90. The van der Waals surface area contributed by atoms with E-state index in [2.05, 4.69) is 5.32 Å². The fourth-order valence-electron chi connectivity index (χ4n) is 5.31.